The molecular formula is C25H25N3O4S. The predicted molar refractivity (Wildman–Crippen MR) is 131 cm³/mol. The smallest absolute Gasteiger partial charge is 0.262 e. The Morgan fingerprint density at radius 3 is 2.52 bits per heavy atom. The van der Waals surface area contributed by atoms with Crippen molar-refractivity contribution in [1.82, 2.24) is 9.55 Å². The number of rotatable bonds is 8. The fraction of sp³-hybridized carbons (Fsp3) is 0.240. The lowest BCUT2D eigenvalue weighted by atomic mass is 10.1. The van der Waals surface area contributed by atoms with E-state index in [9.17, 15) is 9.59 Å². The van der Waals surface area contributed by atoms with Crippen LogP contribution in [-0.2, 0) is 11.3 Å². The second-order valence-electron chi connectivity index (χ2n) is 7.36. The number of thiophene rings is 1. The molecular weight excluding hydrogens is 438 g/mol. The van der Waals surface area contributed by atoms with E-state index in [1.165, 1.54) is 22.2 Å². The molecule has 0 aliphatic heterocycles. The lowest BCUT2D eigenvalue weighted by molar-refractivity contribution is -0.116. The number of fused-ring (bicyclic) bond motifs is 1. The summed E-state index contributed by atoms with van der Waals surface area (Å²) in [6.07, 6.45) is 1.43. The number of aryl methyl sites for hydroxylation is 1. The third-order valence-corrected chi connectivity index (χ3v) is 6.34. The summed E-state index contributed by atoms with van der Waals surface area (Å²) in [6, 6.07) is 15.1. The second-order valence-corrected chi connectivity index (χ2v) is 8.35. The number of carbonyl (C=O) groups is 1. The Hall–Kier alpha value is -3.65. The summed E-state index contributed by atoms with van der Waals surface area (Å²) in [5, 5.41) is 3.37. The summed E-state index contributed by atoms with van der Waals surface area (Å²) < 4.78 is 12.5. The maximum absolute atomic E-state index is 13.2. The van der Waals surface area contributed by atoms with Gasteiger partial charge in [0.1, 0.15) is 11.4 Å². The van der Waals surface area contributed by atoms with Crippen molar-refractivity contribution >= 4 is 33.1 Å². The highest BCUT2D eigenvalue weighted by Gasteiger charge is 2.17. The molecule has 0 fully saturated rings. The summed E-state index contributed by atoms with van der Waals surface area (Å²) in [4.78, 5) is 32.0. The first-order valence-electron chi connectivity index (χ1n) is 10.7. The van der Waals surface area contributed by atoms with Crippen LogP contribution in [0.25, 0.3) is 20.7 Å². The number of ether oxygens (including phenoxy) is 2. The lowest BCUT2D eigenvalue weighted by Crippen LogP contribution is -2.27. The van der Waals surface area contributed by atoms with Crippen molar-refractivity contribution in [3.8, 4) is 21.9 Å². The van der Waals surface area contributed by atoms with Crippen LogP contribution in [0, 0.1) is 6.92 Å². The summed E-state index contributed by atoms with van der Waals surface area (Å²) in [6.45, 7) is 6.54. The topological polar surface area (TPSA) is 82.5 Å². The second kappa shape index (κ2) is 9.87. The standard InChI is InChI=1S/C25H25N3O4S/c1-4-31-19-12-11-18(13-20(19)32-5-2)27-21(29)14-28-15-26-24-22(25(28)30)16(3)23(33-24)17-9-7-6-8-10-17/h6-13,15H,4-5,14H2,1-3H3,(H,27,29). The van der Waals surface area contributed by atoms with Crippen LogP contribution in [0.3, 0.4) is 0 Å². The molecule has 2 aromatic heterocycles. The number of hydrogen-bond donors (Lipinski definition) is 1. The van der Waals surface area contributed by atoms with E-state index in [-0.39, 0.29) is 18.0 Å². The maximum Gasteiger partial charge on any atom is 0.262 e. The van der Waals surface area contributed by atoms with Gasteiger partial charge in [-0.3, -0.25) is 14.2 Å². The number of aromatic nitrogens is 2. The molecule has 33 heavy (non-hydrogen) atoms. The first-order chi connectivity index (χ1) is 16.0. The first kappa shape index (κ1) is 22.5. The molecule has 1 amide bonds. The number of amides is 1. The molecule has 0 saturated heterocycles. The Kier molecular flexibility index (Phi) is 6.74. The third kappa shape index (κ3) is 4.75. The average Bonchev–Trinajstić information content (AvgIpc) is 3.15. The van der Waals surface area contributed by atoms with E-state index in [1.54, 1.807) is 18.2 Å². The Morgan fingerprint density at radius 2 is 1.79 bits per heavy atom. The molecule has 170 valence electrons. The molecule has 0 spiro atoms. The predicted octanol–water partition coefficient (Wildman–Crippen LogP) is 4.87. The average molecular weight is 464 g/mol. The van der Waals surface area contributed by atoms with Gasteiger partial charge < -0.3 is 14.8 Å². The number of nitrogens with zero attached hydrogens (tertiary/aromatic N) is 2. The van der Waals surface area contributed by atoms with E-state index >= 15 is 0 Å². The van der Waals surface area contributed by atoms with Crippen molar-refractivity contribution in [2.24, 2.45) is 0 Å². The van der Waals surface area contributed by atoms with E-state index < -0.39 is 0 Å². The summed E-state index contributed by atoms with van der Waals surface area (Å²) in [7, 11) is 0. The summed E-state index contributed by atoms with van der Waals surface area (Å²) >= 11 is 1.48. The van der Waals surface area contributed by atoms with Crippen LogP contribution in [0.2, 0.25) is 0 Å². The Bertz CT molecular complexity index is 1350. The largest absolute Gasteiger partial charge is 0.490 e. The van der Waals surface area contributed by atoms with E-state index in [0.717, 1.165) is 16.0 Å². The van der Waals surface area contributed by atoms with Gasteiger partial charge >= 0.3 is 0 Å². The van der Waals surface area contributed by atoms with E-state index in [0.29, 0.717) is 40.6 Å². The minimum atomic E-state index is -0.332. The van der Waals surface area contributed by atoms with E-state index in [2.05, 4.69) is 10.3 Å². The minimum absolute atomic E-state index is 0.144. The minimum Gasteiger partial charge on any atom is -0.490 e. The molecule has 2 aromatic carbocycles. The Balaban J connectivity index is 1.57. The van der Waals surface area contributed by atoms with Crippen LogP contribution in [0.5, 0.6) is 11.5 Å². The van der Waals surface area contributed by atoms with Crippen LogP contribution in [0.4, 0.5) is 5.69 Å². The quantitative estimate of drug-likeness (QED) is 0.403. The van der Waals surface area contributed by atoms with E-state index in [4.69, 9.17) is 9.47 Å². The molecule has 0 radical (unpaired) electrons. The fourth-order valence-electron chi connectivity index (χ4n) is 3.62. The molecule has 0 bridgehead atoms. The van der Waals surface area contributed by atoms with Crippen LogP contribution in [0.1, 0.15) is 19.4 Å². The van der Waals surface area contributed by atoms with Gasteiger partial charge in [-0.05, 0) is 44.0 Å². The molecule has 0 atom stereocenters. The van der Waals surface area contributed by atoms with Crippen LogP contribution in [-0.4, -0.2) is 28.7 Å². The Labute approximate surface area is 195 Å². The number of hydrogen-bond acceptors (Lipinski definition) is 6. The molecule has 8 heteroatoms. The molecule has 7 nitrogen and oxygen atoms in total. The molecule has 4 rings (SSSR count). The number of nitrogens with one attached hydrogen (secondary N) is 1. The monoisotopic (exact) mass is 463 g/mol. The van der Waals surface area contributed by atoms with Crippen molar-refractivity contribution in [3.63, 3.8) is 0 Å². The normalized spacial score (nSPS) is 10.9. The van der Waals surface area contributed by atoms with Crippen molar-refractivity contribution in [3.05, 3.63) is 70.8 Å². The lowest BCUT2D eigenvalue weighted by Gasteiger charge is -2.13. The van der Waals surface area contributed by atoms with Gasteiger partial charge in [0.25, 0.3) is 5.56 Å². The van der Waals surface area contributed by atoms with Gasteiger partial charge in [-0.1, -0.05) is 30.3 Å². The molecule has 4 aromatic rings. The fourth-order valence-corrected chi connectivity index (χ4v) is 4.77. The summed E-state index contributed by atoms with van der Waals surface area (Å²) in [5.41, 5.74) is 2.25. The van der Waals surface area contributed by atoms with E-state index in [1.807, 2.05) is 51.1 Å². The molecule has 0 aliphatic rings. The van der Waals surface area contributed by atoms with Gasteiger partial charge in [0, 0.05) is 16.6 Å². The van der Waals surface area contributed by atoms with Gasteiger partial charge in [0.15, 0.2) is 11.5 Å². The highest BCUT2D eigenvalue weighted by Crippen LogP contribution is 2.35. The van der Waals surface area contributed by atoms with Gasteiger partial charge in [0.05, 0.1) is 24.9 Å². The summed E-state index contributed by atoms with van der Waals surface area (Å²) in [5.74, 6) is 0.839. The zero-order chi connectivity index (χ0) is 23.4. The van der Waals surface area contributed by atoms with Gasteiger partial charge in [-0.25, -0.2) is 4.98 Å². The molecule has 0 saturated carbocycles. The van der Waals surface area contributed by atoms with Gasteiger partial charge in [0.2, 0.25) is 5.91 Å². The zero-order valence-corrected chi connectivity index (χ0v) is 19.6. The van der Waals surface area contributed by atoms with Crippen molar-refractivity contribution in [2.45, 2.75) is 27.3 Å². The zero-order valence-electron chi connectivity index (χ0n) is 18.8. The highest BCUT2D eigenvalue weighted by atomic mass is 32.1. The molecule has 1 N–H and O–H groups in total. The first-order valence-corrected chi connectivity index (χ1v) is 11.6. The third-order valence-electron chi connectivity index (χ3n) is 5.09. The molecule has 2 heterocycles. The maximum atomic E-state index is 13.2. The van der Waals surface area contributed by atoms with Gasteiger partial charge in [-0.15, -0.1) is 11.3 Å². The van der Waals surface area contributed by atoms with Crippen molar-refractivity contribution in [2.75, 3.05) is 18.5 Å². The molecule has 0 aliphatic carbocycles. The van der Waals surface area contributed by atoms with Crippen LogP contribution < -0.4 is 20.3 Å². The number of benzene rings is 2. The highest BCUT2D eigenvalue weighted by molar-refractivity contribution is 7.22. The number of anilines is 1. The number of carbonyl (C=O) groups excluding carboxylic acids is 1. The van der Waals surface area contributed by atoms with Crippen molar-refractivity contribution < 1.29 is 14.3 Å². The van der Waals surface area contributed by atoms with Crippen LogP contribution in [0.15, 0.2) is 59.7 Å². The Morgan fingerprint density at radius 1 is 1.06 bits per heavy atom. The van der Waals surface area contributed by atoms with Gasteiger partial charge in [-0.2, -0.15) is 0 Å². The van der Waals surface area contributed by atoms with Crippen LogP contribution >= 0.6 is 11.3 Å². The SMILES string of the molecule is CCOc1ccc(NC(=O)Cn2cnc3sc(-c4ccccc4)c(C)c3c2=O)cc1OCC. The molecule has 0 unspecified atom stereocenters. The van der Waals surface area contributed by atoms with Crippen molar-refractivity contribution in [1.29, 1.82) is 0 Å².